The van der Waals surface area contributed by atoms with Crippen molar-refractivity contribution in [2.24, 2.45) is 7.05 Å². The minimum atomic E-state index is -0.132. The van der Waals surface area contributed by atoms with Gasteiger partial charge >= 0.3 is 0 Å². The van der Waals surface area contributed by atoms with Crippen LogP contribution in [0.5, 0.6) is 11.5 Å². The zero-order chi connectivity index (χ0) is 21.6. The van der Waals surface area contributed by atoms with Crippen molar-refractivity contribution in [1.29, 1.82) is 0 Å². The van der Waals surface area contributed by atoms with Crippen LogP contribution in [0.4, 0.5) is 0 Å². The van der Waals surface area contributed by atoms with Crippen molar-refractivity contribution in [1.82, 2.24) is 14.8 Å². The third-order valence-corrected chi connectivity index (χ3v) is 5.85. The molecule has 0 saturated heterocycles. The van der Waals surface area contributed by atoms with Crippen molar-refractivity contribution in [2.75, 3.05) is 26.8 Å². The molecule has 0 bridgehead atoms. The second-order valence-corrected chi connectivity index (χ2v) is 7.82. The molecule has 4 rings (SSSR count). The Hall–Kier alpha value is -3.25. The van der Waals surface area contributed by atoms with Gasteiger partial charge in [-0.15, -0.1) is 0 Å². The van der Waals surface area contributed by atoms with E-state index in [9.17, 15) is 4.79 Å². The highest BCUT2D eigenvalue weighted by Gasteiger charge is 2.26. The van der Waals surface area contributed by atoms with Gasteiger partial charge in [-0.1, -0.05) is 24.3 Å². The van der Waals surface area contributed by atoms with Crippen LogP contribution in [0.1, 0.15) is 22.9 Å². The van der Waals surface area contributed by atoms with E-state index in [0.717, 1.165) is 25.3 Å². The predicted molar refractivity (Wildman–Crippen MR) is 120 cm³/mol. The van der Waals surface area contributed by atoms with Crippen molar-refractivity contribution in [3.63, 3.8) is 0 Å². The molecule has 0 unspecified atom stereocenters. The molecule has 1 aliphatic rings. The van der Waals surface area contributed by atoms with Gasteiger partial charge in [0.15, 0.2) is 6.61 Å². The average molecular weight is 420 g/mol. The van der Waals surface area contributed by atoms with Gasteiger partial charge in [0.05, 0.1) is 13.2 Å². The summed E-state index contributed by atoms with van der Waals surface area (Å²) < 4.78 is 12.9. The third-order valence-electron chi connectivity index (χ3n) is 5.85. The number of amides is 1. The highest BCUT2D eigenvalue weighted by atomic mass is 16.5. The summed E-state index contributed by atoms with van der Waals surface area (Å²) >= 11 is 0. The number of benzene rings is 2. The summed E-state index contributed by atoms with van der Waals surface area (Å²) in [6.45, 7) is 2.36. The van der Waals surface area contributed by atoms with Crippen molar-refractivity contribution in [3.05, 3.63) is 83.7 Å². The molecule has 1 N–H and O–H groups in total. The standard InChI is InChI=1S/C25H29N3O3/c1-27-14-5-8-23(27)24(28-15-13-19-6-3-4-7-20(19)17-28)16-26-25(29)18-31-22-11-9-21(30-2)10-12-22/h3-12,14,24H,13,15-18H2,1-2H3,(H,26,29)/t24-/m1/s1. The van der Waals surface area contributed by atoms with E-state index in [1.54, 1.807) is 19.2 Å². The molecule has 0 saturated carbocycles. The largest absolute Gasteiger partial charge is 0.497 e. The topological polar surface area (TPSA) is 55.7 Å². The highest BCUT2D eigenvalue weighted by molar-refractivity contribution is 5.77. The van der Waals surface area contributed by atoms with Gasteiger partial charge in [-0.05, 0) is 53.9 Å². The number of ether oxygens (including phenoxy) is 2. The number of carbonyl (C=O) groups is 1. The van der Waals surface area contributed by atoms with Gasteiger partial charge < -0.3 is 19.4 Å². The number of aryl methyl sites for hydroxylation is 1. The summed E-state index contributed by atoms with van der Waals surface area (Å²) in [6.07, 6.45) is 3.07. The van der Waals surface area contributed by atoms with Crippen LogP contribution in [-0.2, 0) is 24.8 Å². The SMILES string of the molecule is COc1ccc(OCC(=O)NC[C@H](c2cccn2C)N2CCc3ccccc3C2)cc1. The van der Waals surface area contributed by atoms with Crippen LogP contribution in [0.25, 0.3) is 0 Å². The first-order valence-corrected chi connectivity index (χ1v) is 10.6. The summed E-state index contributed by atoms with van der Waals surface area (Å²) in [5.41, 5.74) is 3.97. The molecule has 3 aromatic rings. The smallest absolute Gasteiger partial charge is 0.258 e. The zero-order valence-corrected chi connectivity index (χ0v) is 18.1. The normalized spacial score (nSPS) is 14.5. The molecule has 6 heteroatoms. The van der Waals surface area contributed by atoms with E-state index in [-0.39, 0.29) is 18.6 Å². The Morgan fingerprint density at radius 1 is 1.03 bits per heavy atom. The number of nitrogens with one attached hydrogen (secondary N) is 1. The molecular weight excluding hydrogens is 390 g/mol. The van der Waals surface area contributed by atoms with E-state index >= 15 is 0 Å². The van der Waals surface area contributed by atoms with Gasteiger partial charge in [0, 0.05) is 38.6 Å². The van der Waals surface area contributed by atoms with Crippen molar-refractivity contribution < 1.29 is 14.3 Å². The van der Waals surface area contributed by atoms with Crippen LogP contribution in [0.3, 0.4) is 0 Å². The molecule has 0 aliphatic carbocycles. The number of hydrogen-bond donors (Lipinski definition) is 1. The number of methoxy groups -OCH3 is 1. The van der Waals surface area contributed by atoms with Crippen molar-refractivity contribution in [3.8, 4) is 11.5 Å². The Labute approximate surface area is 183 Å². The molecule has 0 fully saturated rings. The Bertz CT molecular complexity index is 1010. The molecule has 1 atom stereocenters. The lowest BCUT2D eigenvalue weighted by Crippen LogP contribution is -2.42. The Morgan fingerprint density at radius 2 is 1.77 bits per heavy atom. The van der Waals surface area contributed by atoms with E-state index in [2.05, 4.69) is 64.4 Å². The maximum Gasteiger partial charge on any atom is 0.258 e. The van der Waals surface area contributed by atoms with Crippen molar-refractivity contribution >= 4 is 5.91 Å². The molecule has 0 radical (unpaired) electrons. The summed E-state index contributed by atoms with van der Waals surface area (Å²) in [5.74, 6) is 1.26. The molecule has 1 aromatic heterocycles. The Kier molecular flexibility index (Phi) is 6.57. The molecule has 1 aliphatic heterocycles. The average Bonchev–Trinajstić information content (AvgIpc) is 3.23. The van der Waals surface area contributed by atoms with E-state index in [1.807, 2.05) is 12.1 Å². The first-order chi connectivity index (χ1) is 15.1. The first kappa shape index (κ1) is 21.0. The van der Waals surface area contributed by atoms with E-state index in [1.165, 1.54) is 16.8 Å². The van der Waals surface area contributed by atoms with E-state index < -0.39 is 0 Å². The van der Waals surface area contributed by atoms with Crippen molar-refractivity contribution in [2.45, 2.75) is 19.0 Å². The maximum atomic E-state index is 12.5. The van der Waals surface area contributed by atoms with Gasteiger partial charge in [0.1, 0.15) is 11.5 Å². The minimum Gasteiger partial charge on any atom is -0.497 e. The lowest BCUT2D eigenvalue weighted by molar-refractivity contribution is -0.123. The molecule has 0 spiro atoms. The minimum absolute atomic E-state index is 0.0188. The highest BCUT2D eigenvalue weighted by Crippen LogP contribution is 2.27. The second kappa shape index (κ2) is 9.71. The van der Waals surface area contributed by atoms with Gasteiger partial charge in [0.25, 0.3) is 5.91 Å². The molecule has 1 amide bonds. The molecule has 162 valence electrons. The van der Waals surface area contributed by atoms with Gasteiger partial charge in [-0.3, -0.25) is 9.69 Å². The van der Waals surface area contributed by atoms with Crippen LogP contribution in [0, 0.1) is 0 Å². The van der Waals surface area contributed by atoms with E-state index in [4.69, 9.17) is 9.47 Å². The lowest BCUT2D eigenvalue weighted by Gasteiger charge is -2.36. The second-order valence-electron chi connectivity index (χ2n) is 7.82. The number of carbonyl (C=O) groups excluding carboxylic acids is 1. The summed E-state index contributed by atoms with van der Waals surface area (Å²) in [7, 11) is 3.67. The zero-order valence-electron chi connectivity index (χ0n) is 18.1. The van der Waals surface area contributed by atoms with Crippen LogP contribution in [-0.4, -0.2) is 42.2 Å². The molecule has 2 aromatic carbocycles. The van der Waals surface area contributed by atoms with Gasteiger partial charge in [-0.2, -0.15) is 0 Å². The number of aromatic nitrogens is 1. The van der Waals surface area contributed by atoms with Gasteiger partial charge in [0.2, 0.25) is 0 Å². The quantitative estimate of drug-likeness (QED) is 0.609. The summed E-state index contributed by atoms with van der Waals surface area (Å²) in [6, 6.07) is 20.1. The number of hydrogen-bond acceptors (Lipinski definition) is 4. The number of rotatable bonds is 8. The summed E-state index contributed by atoms with van der Waals surface area (Å²) in [5, 5.41) is 3.07. The monoisotopic (exact) mass is 419 g/mol. The fourth-order valence-corrected chi connectivity index (χ4v) is 4.11. The molecule has 2 heterocycles. The van der Waals surface area contributed by atoms with Gasteiger partial charge in [-0.25, -0.2) is 0 Å². The molecule has 6 nitrogen and oxygen atoms in total. The van der Waals surface area contributed by atoms with E-state index in [0.29, 0.717) is 12.3 Å². The van der Waals surface area contributed by atoms with Crippen LogP contribution in [0.2, 0.25) is 0 Å². The lowest BCUT2D eigenvalue weighted by atomic mass is 9.98. The van der Waals surface area contributed by atoms with Crippen LogP contribution in [0.15, 0.2) is 66.9 Å². The Balaban J connectivity index is 1.38. The van der Waals surface area contributed by atoms with Crippen LogP contribution >= 0.6 is 0 Å². The third kappa shape index (κ3) is 5.09. The summed E-state index contributed by atoms with van der Waals surface area (Å²) in [4.78, 5) is 14.9. The Morgan fingerprint density at radius 3 is 2.48 bits per heavy atom. The predicted octanol–water partition coefficient (Wildman–Crippen LogP) is 3.33. The fraction of sp³-hybridized carbons (Fsp3) is 0.320. The molecular formula is C25H29N3O3. The van der Waals surface area contributed by atoms with Crippen LogP contribution < -0.4 is 14.8 Å². The number of fused-ring (bicyclic) bond motifs is 1. The maximum absolute atomic E-state index is 12.5. The fourth-order valence-electron chi connectivity index (χ4n) is 4.11. The molecule has 31 heavy (non-hydrogen) atoms. The number of nitrogens with zero attached hydrogens (tertiary/aromatic N) is 2. The first-order valence-electron chi connectivity index (χ1n) is 10.6.